The van der Waals surface area contributed by atoms with Crippen molar-refractivity contribution in [2.45, 2.75) is 32.2 Å². The van der Waals surface area contributed by atoms with E-state index >= 15 is 0 Å². The summed E-state index contributed by atoms with van der Waals surface area (Å²) in [6, 6.07) is 5.71. The van der Waals surface area contributed by atoms with Gasteiger partial charge in [0.2, 0.25) is 0 Å². The molecule has 2 rings (SSSR count). The maximum atomic E-state index is 12.2. The van der Waals surface area contributed by atoms with Crippen molar-refractivity contribution in [3.63, 3.8) is 0 Å². The summed E-state index contributed by atoms with van der Waals surface area (Å²) in [5.74, 6) is 0.312. The fraction of sp³-hybridized carbons (Fsp3) is 0.500. The van der Waals surface area contributed by atoms with E-state index in [9.17, 15) is 4.79 Å². The minimum atomic E-state index is -0.0888. The summed E-state index contributed by atoms with van der Waals surface area (Å²) in [6.45, 7) is 2.53. The average molecular weight is 303 g/mol. The van der Waals surface area contributed by atoms with Crippen LogP contribution in [0.3, 0.4) is 0 Å². The van der Waals surface area contributed by atoms with E-state index in [-0.39, 0.29) is 24.4 Å². The summed E-state index contributed by atoms with van der Waals surface area (Å²) in [5, 5.41) is 3.60. The van der Waals surface area contributed by atoms with E-state index in [0.717, 1.165) is 24.8 Å². The molecule has 1 saturated carbocycles. The van der Waals surface area contributed by atoms with E-state index in [1.54, 1.807) is 6.07 Å². The molecule has 5 heteroatoms. The first-order chi connectivity index (χ1) is 8.63. The van der Waals surface area contributed by atoms with Gasteiger partial charge in [-0.15, -0.1) is 12.4 Å². The van der Waals surface area contributed by atoms with E-state index in [1.807, 2.05) is 19.1 Å². The summed E-state index contributed by atoms with van der Waals surface area (Å²) in [7, 11) is 0. The fourth-order valence-corrected chi connectivity index (χ4v) is 2.79. The number of halogens is 2. The molecule has 1 amide bonds. The van der Waals surface area contributed by atoms with Gasteiger partial charge in [-0.2, -0.15) is 0 Å². The zero-order valence-electron chi connectivity index (χ0n) is 11.0. The number of nitrogens with one attached hydrogen (secondary N) is 1. The van der Waals surface area contributed by atoms with Gasteiger partial charge in [-0.3, -0.25) is 4.79 Å². The van der Waals surface area contributed by atoms with E-state index in [2.05, 4.69) is 5.32 Å². The van der Waals surface area contributed by atoms with Crippen LogP contribution in [0.5, 0.6) is 0 Å². The summed E-state index contributed by atoms with van der Waals surface area (Å²) >= 11 is 6.16. The first kappa shape index (κ1) is 16.3. The van der Waals surface area contributed by atoms with Crippen molar-refractivity contribution in [3.05, 3.63) is 34.3 Å². The van der Waals surface area contributed by atoms with Crippen molar-refractivity contribution >= 4 is 29.9 Å². The minimum Gasteiger partial charge on any atom is -0.349 e. The Labute approximate surface area is 125 Å². The normalized spacial score (nSPS) is 21.8. The fourth-order valence-electron chi connectivity index (χ4n) is 2.58. The maximum absolute atomic E-state index is 12.2. The smallest absolute Gasteiger partial charge is 0.253 e. The zero-order valence-corrected chi connectivity index (χ0v) is 12.6. The van der Waals surface area contributed by atoms with Crippen LogP contribution in [0, 0.1) is 12.8 Å². The Hall–Kier alpha value is -0.770. The van der Waals surface area contributed by atoms with Gasteiger partial charge in [0.25, 0.3) is 5.91 Å². The Balaban J connectivity index is 0.00000180. The third-order valence-corrected chi connectivity index (χ3v) is 4.22. The molecule has 0 saturated heterocycles. The second-order valence-corrected chi connectivity index (χ2v) is 5.32. The molecule has 0 heterocycles. The summed E-state index contributed by atoms with van der Waals surface area (Å²) < 4.78 is 0. The van der Waals surface area contributed by atoms with Crippen molar-refractivity contribution in [3.8, 4) is 0 Å². The SMILES string of the molecule is Cc1cccc(C(=O)NC2CCCC2CN)c1Cl.Cl. The molecule has 0 spiro atoms. The molecule has 1 aromatic rings. The van der Waals surface area contributed by atoms with Crippen LogP contribution in [0.25, 0.3) is 0 Å². The van der Waals surface area contributed by atoms with E-state index < -0.39 is 0 Å². The summed E-state index contributed by atoms with van der Waals surface area (Å²) in [6.07, 6.45) is 3.24. The molecule has 2 atom stereocenters. The quantitative estimate of drug-likeness (QED) is 0.902. The third kappa shape index (κ3) is 3.62. The van der Waals surface area contributed by atoms with E-state index in [0.29, 0.717) is 23.0 Å². The second-order valence-electron chi connectivity index (χ2n) is 4.94. The molecule has 0 aliphatic heterocycles. The standard InChI is InChI=1S/C14H19ClN2O.ClH/c1-9-4-2-6-11(13(9)15)14(18)17-12-7-3-5-10(12)8-16;/h2,4,6,10,12H,3,5,7-8,16H2,1H3,(H,17,18);1H. The molecule has 1 aliphatic rings. The lowest BCUT2D eigenvalue weighted by atomic mass is 10.0. The molecule has 1 aromatic carbocycles. The molecule has 19 heavy (non-hydrogen) atoms. The lowest BCUT2D eigenvalue weighted by Crippen LogP contribution is -2.40. The Bertz CT molecular complexity index is 451. The van der Waals surface area contributed by atoms with Crippen LogP contribution in [0.1, 0.15) is 35.2 Å². The monoisotopic (exact) mass is 302 g/mol. The maximum Gasteiger partial charge on any atom is 0.253 e. The van der Waals surface area contributed by atoms with Crippen LogP contribution in [0.4, 0.5) is 0 Å². The van der Waals surface area contributed by atoms with Gasteiger partial charge in [0, 0.05) is 6.04 Å². The molecule has 106 valence electrons. The van der Waals surface area contributed by atoms with Crippen molar-refractivity contribution < 1.29 is 4.79 Å². The number of amides is 1. The summed E-state index contributed by atoms with van der Waals surface area (Å²) in [4.78, 5) is 12.2. The number of hydrogen-bond acceptors (Lipinski definition) is 2. The van der Waals surface area contributed by atoms with Crippen molar-refractivity contribution in [1.29, 1.82) is 0 Å². The molecule has 1 aliphatic carbocycles. The van der Waals surface area contributed by atoms with Gasteiger partial charge in [-0.05, 0) is 43.9 Å². The molecule has 1 fully saturated rings. The van der Waals surface area contributed by atoms with Crippen molar-refractivity contribution in [1.82, 2.24) is 5.32 Å². The van der Waals surface area contributed by atoms with Gasteiger partial charge in [-0.1, -0.05) is 30.2 Å². The highest BCUT2D eigenvalue weighted by molar-refractivity contribution is 6.34. The Morgan fingerprint density at radius 3 is 2.89 bits per heavy atom. The van der Waals surface area contributed by atoms with Crippen LogP contribution in [-0.4, -0.2) is 18.5 Å². The largest absolute Gasteiger partial charge is 0.349 e. The number of aryl methyl sites for hydroxylation is 1. The number of benzene rings is 1. The van der Waals surface area contributed by atoms with Crippen molar-refractivity contribution in [2.75, 3.05) is 6.54 Å². The van der Waals surface area contributed by atoms with E-state index in [4.69, 9.17) is 17.3 Å². The number of nitrogens with two attached hydrogens (primary N) is 1. The third-order valence-electron chi connectivity index (χ3n) is 3.71. The minimum absolute atomic E-state index is 0. The van der Waals surface area contributed by atoms with Gasteiger partial charge in [0.1, 0.15) is 0 Å². The Kier molecular flexibility index (Phi) is 6.11. The van der Waals surface area contributed by atoms with Crippen molar-refractivity contribution in [2.24, 2.45) is 11.7 Å². The van der Waals surface area contributed by atoms with Gasteiger partial charge >= 0.3 is 0 Å². The van der Waals surface area contributed by atoms with Crippen LogP contribution in [-0.2, 0) is 0 Å². The molecule has 0 aromatic heterocycles. The predicted molar refractivity (Wildman–Crippen MR) is 81.1 cm³/mol. The first-order valence-corrected chi connectivity index (χ1v) is 6.77. The highest BCUT2D eigenvalue weighted by Crippen LogP contribution is 2.26. The predicted octanol–water partition coefficient (Wildman–Crippen LogP) is 2.93. The molecule has 0 bridgehead atoms. The number of carbonyl (C=O) groups excluding carboxylic acids is 1. The lowest BCUT2D eigenvalue weighted by Gasteiger charge is -2.20. The summed E-state index contributed by atoms with van der Waals surface area (Å²) in [5.41, 5.74) is 7.19. The number of hydrogen-bond donors (Lipinski definition) is 2. The molecule has 3 N–H and O–H groups in total. The van der Waals surface area contributed by atoms with Crippen LogP contribution in [0.2, 0.25) is 5.02 Å². The number of carbonyl (C=O) groups is 1. The molecule has 0 radical (unpaired) electrons. The van der Waals surface area contributed by atoms with Gasteiger partial charge < -0.3 is 11.1 Å². The molecule has 3 nitrogen and oxygen atoms in total. The molecule has 2 unspecified atom stereocenters. The molecular weight excluding hydrogens is 283 g/mol. The molecular formula is C14H20Cl2N2O. The van der Waals surface area contributed by atoms with Crippen LogP contribution < -0.4 is 11.1 Å². The number of rotatable bonds is 3. The van der Waals surface area contributed by atoms with Crippen LogP contribution in [0.15, 0.2) is 18.2 Å². The zero-order chi connectivity index (χ0) is 13.1. The first-order valence-electron chi connectivity index (χ1n) is 6.39. The van der Waals surface area contributed by atoms with Gasteiger partial charge in [0.05, 0.1) is 10.6 Å². The van der Waals surface area contributed by atoms with Gasteiger partial charge in [0.15, 0.2) is 0 Å². The van der Waals surface area contributed by atoms with E-state index in [1.165, 1.54) is 0 Å². The Morgan fingerprint density at radius 2 is 2.21 bits per heavy atom. The Morgan fingerprint density at radius 1 is 1.47 bits per heavy atom. The lowest BCUT2D eigenvalue weighted by molar-refractivity contribution is 0.0929. The highest BCUT2D eigenvalue weighted by atomic mass is 35.5. The van der Waals surface area contributed by atoms with Crippen LogP contribution >= 0.6 is 24.0 Å². The van der Waals surface area contributed by atoms with Gasteiger partial charge in [-0.25, -0.2) is 0 Å². The average Bonchev–Trinajstić information content (AvgIpc) is 2.79. The topological polar surface area (TPSA) is 55.1 Å². The highest BCUT2D eigenvalue weighted by Gasteiger charge is 2.28. The second kappa shape index (κ2) is 7.13.